The van der Waals surface area contributed by atoms with Gasteiger partial charge in [-0.2, -0.15) is 0 Å². The minimum absolute atomic E-state index is 0.0158. The van der Waals surface area contributed by atoms with Crippen LogP contribution in [0.1, 0.15) is 12.6 Å². The Hall–Kier alpha value is -3.48. The Morgan fingerprint density at radius 2 is 1.79 bits per heavy atom. The van der Waals surface area contributed by atoms with Gasteiger partial charge in [0.15, 0.2) is 23.4 Å². The third-order valence-corrected chi connectivity index (χ3v) is 3.98. The molecule has 0 aliphatic carbocycles. The Labute approximate surface area is 162 Å². The quantitative estimate of drug-likeness (QED) is 0.546. The number of hydrogen-bond donors (Lipinski definition) is 0. The summed E-state index contributed by atoms with van der Waals surface area (Å²) in [6.45, 7) is 1.62. The number of aromatic nitrogens is 1. The lowest BCUT2D eigenvalue weighted by molar-refractivity contribution is -0.152. The summed E-state index contributed by atoms with van der Waals surface area (Å²) in [4.78, 5) is 12.1. The molecular formula is C21H21NO6. The summed E-state index contributed by atoms with van der Waals surface area (Å²) in [5, 5.41) is 3.94. The molecule has 0 aliphatic rings. The molecule has 0 saturated heterocycles. The smallest absolute Gasteiger partial charge is 0.347 e. The lowest BCUT2D eigenvalue weighted by Gasteiger charge is -2.13. The normalized spacial score (nSPS) is 11.5. The second-order valence-corrected chi connectivity index (χ2v) is 5.93. The monoisotopic (exact) mass is 383 g/mol. The van der Waals surface area contributed by atoms with Crippen LogP contribution in [0.25, 0.3) is 11.3 Å². The molecule has 3 aromatic rings. The largest absolute Gasteiger partial charge is 0.493 e. The second kappa shape index (κ2) is 8.94. The molecule has 0 fully saturated rings. The van der Waals surface area contributed by atoms with E-state index in [0.717, 1.165) is 5.56 Å². The highest BCUT2D eigenvalue weighted by molar-refractivity contribution is 5.74. The van der Waals surface area contributed by atoms with Crippen molar-refractivity contribution in [3.05, 3.63) is 60.3 Å². The molecule has 0 bridgehead atoms. The van der Waals surface area contributed by atoms with Gasteiger partial charge in [-0.05, 0) is 37.3 Å². The first-order chi connectivity index (χ1) is 13.6. The fourth-order valence-corrected chi connectivity index (χ4v) is 2.52. The van der Waals surface area contributed by atoms with Crippen LogP contribution in [0.15, 0.2) is 59.1 Å². The van der Waals surface area contributed by atoms with Crippen molar-refractivity contribution in [2.24, 2.45) is 0 Å². The second-order valence-electron chi connectivity index (χ2n) is 5.93. The highest BCUT2D eigenvalue weighted by Gasteiger charge is 2.18. The van der Waals surface area contributed by atoms with Crippen LogP contribution in [0.3, 0.4) is 0 Å². The van der Waals surface area contributed by atoms with E-state index >= 15 is 0 Å². The number of para-hydroxylation sites is 1. The van der Waals surface area contributed by atoms with Crippen LogP contribution >= 0.6 is 0 Å². The van der Waals surface area contributed by atoms with Gasteiger partial charge < -0.3 is 23.5 Å². The van der Waals surface area contributed by atoms with Gasteiger partial charge >= 0.3 is 5.97 Å². The molecule has 0 amide bonds. The fraction of sp³-hybridized carbons (Fsp3) is 0.238. The highest BCUT2D eigenvalue weighted by Crippen LogP contribution is 2.32. The molecule has 7 nitrogen and oxygen atoms in total. The zero-order chi connectivity index (χ0) is 19.9. The molecule has 146 valence electrons. The van der Waals surface area contributed by atoms with Crippen LogP contribution in [-0.2, 0) is 16.1 Å². The van der Waals surface area contributed by atoms with Crippen LogP contribution in [0.4, 0.5) is 0 Å². The standard InChI is InChI=1S/C21H21NO6/c1-14(27-17-7-5-4-6-8-17)21(23)26-13-16-12-19(28-22-16)15-9-10-18(24-2)20(11-15)25-3/h4-12,14H,13H2,1-3H3. The number of rotatable bonds is 8. The number of ether oxygens (including phenoxy) is 4. The molecular weight excluding hydrogens is 362 g/mol. The van der Waals surface area contributed by atoms with Gasteiger partial charge in [-0.3, -0.25) is 0 Å². The average molecular weight is 383 g/mol. The minimum Gasteiger partial charge on any atom is -0.493 e. The molecule has 7 heteroatoms. The zero-order valence-corrected chi connectivity index (χ0v) is 15.9. The average Bonchev–Trinajstić information content (AvgIpc) is 3.21. The van der Waals surface area contributed by atoms with E-state index < -0.39 is 12.1 Å². The number of carbonyl (C=O) groups is 1. The van der Waals surface area contributed by atoms with Crippen molar-refractivity contribution in [2.75, 3.05) is 14.2 Å². The molecule has 2 aromatic carbocycles. The van der Waals surface area contributed by atoms with E-state index in [1.165, 1.54) is 0 Å². The summed E-state index contributed by atoms with van der Waals surface area (Å²) >= 11 is 0. The molecule has 1 atom stereocenters. The summed E-state index contributed by atoms with van der Waals surface area (Å²) in [5.74, 6) is 1.84. The van der Waals surface area contributed by atoms with E-state index in [2.05, 4.69) is 5.16 Å². The third-order valence-electron chi connectivity index (χ3n) is 3.98. The Balaban J connectivity index is 1.59. The van der Waals surface area contributed by atoms with Gasteiger partial charge in [-0.15, -0.1) is 0 Å². The Morgan fingerprint density at radius 3 is 2.50 bits per heavy atom. The van der Waals surface area contributed by atoms with Gasteiger partial charge in [0.05, 0.1) is 14.2 Å². The summed E-state index contributed by atoms with van der Waals surface area (Å²) < 4.78 is 26.7. The Bertz CT molecular complexity index is 922. The van der Waals surface area contributed by atoms with E-state index in [1.807, 2.05) is 24.3 Å². The maximum absolute atomic E-state index is 12.1. The van der Waals surface area contributed by atoms with Gasteiger partial charge in [-0.25, -0.2) is 4.79 Å². The van der Waals surface area contributed by atoms with Gasteiger partial charge in [0.25, 0.3) is 0 Å². The molecule has 0 saturated carbocycles. The first-order valence-electron chi connectivity index (χ1n) is 8.67. The van der Waals surface area contributed by atoms with Crippen molar-refractivity contribution in [1.82, 2.24) is 5.16 Å². The van der Waals surface area contributed by atoms with Gasteiger partial charge in [-0.1, -0.05) is 23.4 Å². The molecule has 0 spiro atoms. The molecule has 0 N–H and O–H groups in total. The van der Waals surface area contributed by atoms with Crippen LogP contribution in [0.2, 0.25) is 0 Å². The number of hydrogen-bond acceptors (Lipinski definition) is 7. The third kappa shape index (κ3) is 4.62. The molecule has 0 radical (unpaired) electrons. The minimum atomic E-state index is -0.736. The predicted molar refractivity (Wildman–Crippen MR) is 101 cm³/mol. The molecule has 1 aromatic heterocycles. The highest BCUT2D eigenvalue weighted by atomic mass is 16.6. The summed E-state index contributed by atoms with van der Waals surface area (Å²) in [7, 11) is 3.13. The van der Waals surface area contributed by atoms with Crippen LogP contribution < -0.4 is 14.2 Å². The first kappa shape index (κ1) is 19.3. The van der Waals surface area contributed by atoms with Crippen molar-refractivity contribution in [3.8, 4) is 28.6 Å². The number of carbonyl (C=O) groups excluding carboxylic acids is 1. The van der Waals surface area contributed by atoms with E-state index in [-0.39, 0.29) is 6.61 Å². The topological polar surface area (TPSA) is 80.0 Å². The van der Waals surface area contributed by atoms with Crippen molar-refractivity contribution in [3.63, 3.8) is 0 Å². The maximum atomic E-state index is 12.1. The SMILES string of the molecule is COc1ccc(-c2cc(COC(=O)C(C)Oc3ccccc3)no2)cc1OC. The van der Waals surface area contributed by atoms with Gasteiger partial charge in [0.2, 0.25) is 0 Å². The zero-order valence-electron chi connectivity index (χ0n) is 15.9. The van der Waals surface area contributed by atoms with E-state index in [9.17, 15) is 4.79 Å². The maximum Gasteiger partial charge on any atom is 0.347 e. The van der Waals surface area contributed by atoms with E-state index in [0.29, 0.717) is 28.7 Å². The van der Waals surface area contributed by atoms with Crippen LogP contribution in [0, 0.1) is 0 Å². The van der Waals surface area contributed by atoms with Crippen LogP contribution in [-0.4, -0.2) is 31.4 Å². The Morgan fingerprint density at radius 1 is 1.04 bits per heavy atom. The number of methoxy groups -OCH3 is 2. The Kier molecular flexibility index (Phi) is 6.16. The summed E-state index contributed by atoms with van der Waals surface area (Å²) in [6, 6.07) is 16.2. The lowest BCUT2D eigenvalue weighted by Crippen LogP contribution is -2.26. The van der Waals surface area contributed by atoms with Crippen molar-refractivity contribution >= 4 is 5.97 Å². The van der Waals surface area contributed by atoms with Crippen molar-refractivity contribution in [1.29, 1.82) is 0 Å². The molecule has 28 heavy (non-hydrogen) atoms. The van der Waals surface area contributed by atoms with Crippen molar-refractivity contribution in [2.45, 2.75) is 19.6 Å². The van der Waals surface area contributed by atoms with Gasteiger partial charge in [0.1, 0.15) is 18.1 Å². The van der Waals surface area contributed by atoms with E-state index in [1.54, 1.807) is 51.5 Å². The summed E-state index contributed by atoms with van der Waals surface area (Å²) in [5.41, 5.74) is 1.26. The van der Waals surface area contributed by atoms with Gasteiger partial charge in [0, 0.05) is 11.6 Å². The molecule has 0 aliphatic heterocycles. The number of nitrogens with zero attached hydrogens (tertiary/aromatic N) is 1. The fourth-order valence-electron chi connectivity index (χ4n) is 2.52. The van der Waals surface area contributed by atoms with E-state index in [4.69, 9.17) is 23.5 Å². The number of benzene rings is 2. The molecule has 3 rings (SSSR count). The molecule has 1 unspecified atom stereocenters. The number of esters is 1. The first-order valence-corrected chi connectivity index (χ1v) is 8.67. The lowest BCUT2D eigenvalue weighted by atomic mass is 10.1. The summed E-state index contributed by atoms with van der Waals surface area (Å²) in [6.07, 6.45) is -0.736. The molecule has 1 heterocycles. The van der Waals surface area contributed by atoms with Crippen LogP contribution in [0.5, 0.6) is 17.2 Å². The predicted octanol–water partition coefficient (Wildman–Crippen LogP) is 3.87. The van der Waals surface area contributed by atoms with Crippen molar-refractivity contribution < 1.29 is 28.3 Å².